The van der Waals surface area contributed by atoms with E-state index in [9.17, 15) is 4.79 Å². The lowest BCUT2D eigenvalue weighted by molar-refractivity contribution is -0.131. The maximum Gasteiger partial charge on any atom is 0.231 e. The van der Waals surface area contributed by atoms with Crippen LogP contribution in [-0.2, 0) is 11.2 Å². The quantitative estimate of drug-likeness (QED) is 0.858. The lowest BCUT2D eigenvalue weighted by Crippen LogP contribution is -2.33. The third-order valence-corrected chi connectivity index (χ3v) is 4.27. The van der Waals surface area contributed by atoms with E-state index < -0.39 is 0 Å². The zero-order valence-electron chi connectivity index (χ0n) is 12.5. The Bertz CT molecular complexity index is 493. The zero-order chi connectivity index (χ0) is 14.5. The molecular formula is C17H23NO3. The topological polar surface area (TPSA) is 38.8 Å². The number of ether oxygens (including phenoxy) is 2. The smallest absolute Gasteiger partial charge is 0.231 e. The number of aryl methyl sites for hydroxylation is 1. The van der Waals surface area contributed by atoms with Gasteiger partial charge in [0.25, 0.3) is 0 Å². The molecular weight excluding hydrogens is 266 g/mol. The summed E-state index contributed by atoms with van der Waals surface area (Å²) in [5, 5.41) is 0. The summed E-state index contributed by atoms with van der Waals surface area (Å²) >= 11 is 0. The van der Waals surface area contributed by atoms with E-state index in [0.29, 0.717) is 13.2 Å². The highest BCUT2D eigenvalue weighted by molar-refractivity contribution is 5.76. The van der Waals surface area contributed by atoms with Crippen molar-refractivity contribution >= 4 is 5.91 Å². The minimum Gasteiger partial charge on any atom is -0.454 e. The number of benzene rings is 1. The van der Waals surface area contributed by atoms with Crippen molar-refractivity contribution in [1.29, 1.82) is 0 Å². The van der Waals surface area contributed by atoms with Gasteiger partial charge in [0.15, 0.2) is 11.5 Å². The van der Waals surface area contributed by atoms with Gasteiger partial charge in [0, 0.05) is 19.5 Å². The molecule has 1 aromatic carbocycles. The second-order valence-corrected chi connectivity index (χ2v) is 5.84. The molecule has 0 atom stereocenters. The Morgan fingerprint density at radius 1 is 1.00 bits per heavy atom. The minimum absolute atomic E-state index is 0.287. The molecule has 2 aliphatic heterocycles. The maximum atomic E-state index is 12.3. The molecule has 0 bridgehead atoms. The van der Waals surface area contributed by atoms with E-state index in [4.69, 9.17) is 9.47 Å². The van der Waals surface area contributed by atoms with E-state index in [-0.39, 0.29) is 5.91 Å². The number of carbonyl (C=O) groups excluding carboxylic acids is 1. The van der Waals surface area contributed by atoms with Gasteiger partial charge in [-0.05, 0) is 37.0 Å². The fourth-order valence-corrected chi connectivity index (χ4v) is 3.00. The molecule has 114 valence electrons. The molecule has 0 N–H and O–H groups in total. The highest BCUT2D eigenvalue weighted by Gasteiger charge is 2.16. The second kappa shape index (κ2) is 6.83. The van der Waals surface area contributed by atoms with Gasteiger partial charge in [-0.1, -0.05) is 25.3 Å². The van der Waals surface area contributed by atoms with Gasteiger partial charge in [-0.25, -0.2) is 0 Å². The fourth-order valence-electron chi connectivity index (χ4n) is 3.00. The van der Waals surface area contributed by atoms with Crippen molar-refractivity contribution in [2.45, 2.75) is 44.9 Å². The summed E-state index contributed by atoms with van der Waals surface area (Å²) in [6.07, 6.45) is 7.48. The molecule has 1 saturated heterocycles. The number of hydrogen-bond acceptors (Lipinski definition) is 3. The van der Waals surface area contributed by atoms with Crippen LogP contribution in [0, 0.1) is 0 Å². The fraction of sp³-hybridized carbons (Fsp3) is 0.588. The standard InChI is InChI=1S/C17H23NO3/c19-17(18-10-4-2-1-3-5-11-18)9-7-14-6-8-15-16(12-14)21-13-20-15/h6,8,12H,1-5,7,9-11,13H2. The number of nitrogens with zero attached hydrogens (tertiary/aromatic N) is 1. The van der Waals surface area contributed by atoms with Gasteiger partial charge in [0.1, 0.15) is 0 Å². The Kier molecular flexibility index (Phi) is 4.63. The van der Waals surface area contributed by atoms with Crippen LogP contribution in [0.15, 0.2) is 18.2 Å². The summed E-state index contributed by atoms with van der Waals surface area (Å²) in [6.45, 7) is 2.16. The molecule has 1 amide bonds. The first-order valence-corrected chi connectivity index (χ1v) is 7.99. The maximum absolute atomic E-state index is 12.3. The van der Waals surface area contributed by atoms with E-state index >= 15 is 0 Å². The van der Waals surface area contributed by atoms with Crippen molar-refractivity contribution in [1.82, 2.24) is 4.90 Å². The summed E-state index contributed by atoms with van der Waals surface area (Å²) in [7, 11) is 0. The Morgan fingerprint density at radius 3 is 2.52 bits per heavy atom. The van der Waals surface area contributed by atoms with Crippen molar-refractivity contribution in [3.63, 3.8) is 0 Å². The predicted molar refractivity (Wildman–Crippen MR) is 80.6 cm³/mol. The first-order chi connectivity index (χ1) is 10.3. The van der Waals surface area contributed by atoms with Crippen molar-refractivity contribution < 1.29 is 14.3 Å². The average Bonchev–Trinajstić information content (AvgIpc) is 2.92. The van der Waals surface area contributed by atoms with Gasteiger partial charge in [0.2, 0.25) is 12.7 Å². The molecule has 0 unspecified atom stereocenters. The molecule has 0 radical (unpaired) electrons. The van der Waals surface area contributed by atoms with Gasteiger partial charge in [-0.2, -0.15) is 0 Å². The lowest BCUT2D eigenvalue weighted by atomic mass is 10.1. The van der Waals surface area contributed by atoms with Crippen molar-refractivity contribution in [3.8, 4) is 11.5 Å². The van der Waals surface area contributed by atoms with Crippen LogP contribution < -0.4 is 9.47 Å². The van der Waals surface area contributed by atoms with E-state index in [1.54, 1.807) is 0 Å². The molecule has 1 fully saturated rings. The van der Waals surface area contributed by atoms with Crippen molar-refractivity contribution in [2.75, 3.05) is 19.9 Å². The molecule has 0 aliphatic carbocycles. The Balaban J connectivity index is 1.52. The molecule has 2 heterocycles. The molecule has 0 saturated carbocycles. The molecule has 21 heavy (non-hydrogen) atoms. The predicted octanol–water partition coefficient (Wildman–Crippen LogP) is 3.14. The third kappa shape index (κ3) is 3.69. The average molecular weight is 289 g/mol. The third-order valence-electron chi connectivity index (χ3n) is 4.27. The number of carbonyl (C=O) groups is 1. The normalized spacial score (nSPS) is 18.2. The highest BCUT2D eigenvalue weighted by atomic mass is 16.7. The molecule has 2 aliphatic rings. The Hall–Kier alpha value is -1.71. The minimum atomic E-state index is 0.287. The highest BCUT2D eigenvalue weighted by Crippen LogP contribution is 2.32. The summed E-state index contributed by atoms with van der Waals surface area (Å²) in [4.78, 5) is 14.4. The zero-order valence-corrected chi connectivity index (χ0v) is 12.5. The van der Waals surface area contributed by atoms with Crippen molar-refractivity contribution in [3.05, 3.63) is 23.8 Å². The second-order valence-electron chi connectivity index (χ2n) is 5.84. The van der Waals surface area contributed by atoms with Gasteiger partial charge in [-0.15, -0.1) is 0 Å². The molecule has 4 heteroatoms. The summed E-state index contributed by atoms with van der Waals surface area (Å²) in [5.41, 5.74) is 1.14. The number of likely N-dealkylation sites (tertiary alicyclic amines) is 1. The van der Waals surface area contributed by atoms with Gasteiger partial charge in [0.05, 0.1) is 0 Å². The molecule has 4 nitrogen and oxygen atoms in total. The SMILES string of the molecule is O=C(CCc1ccc2c(c1)OCO2)N1CCCCCCC1. The number of amides is 1. The first kappa shape index (κ1) is 14.2. The first-order valence-electron chi connectivity index (χ1n) is 7.99. The van der Waals surface area contributed by atoms with Crippen LogP contribution in [0.5, 0.6) is 11.5 Å². The molecule has 3 rings (SSSR count). The monoisotopic (exact) mass is 289 g/mol. The number of fused-ring (bicyclic) bond motifs is 1. The lowest BCUT2D eigenvalue weighted by Gasteiger charge is -2.24. The van der Waals surface area contributed by atoms with Gasteiger partial charge in [-0.3, -0.25) is 4.79 Å². The van der Waals surface area contributed by atoms with Crippen LogP contribution >= 0.6 is 0 Å². The summed E-state index contributed by atoms with van der Waals surface area (Å²) in [6, 6.07) is 5.94. The van der Waals surface area contributed by atoms with Crippen LogP contribution in [0.4, 0.5) is 0 Å². The van der Waals surface area contributed by atoms with Crippen molar-refractivity contribution in [2.24, 2.45) is 0 Å². The Morgan fingerprint density at radius 2 is 1.71 bits per heavy atom. The van der Waals surface area contributed by atoms with Crippen LogP contribution in [0.25, 0.3) is 0 Å². The molecule has 0 spiro atoms. The largest absolute Gasteiger partial charge is 0.454 e. The van der Waals surface area contributed by atoms with E-state index in [0.717, 1.165) is 49.4 Å². The summed E-state index contributed by atoms with van der Waals surface area (Å²) in [5.74, 6) is 1.88. The van der Waals surface area contributed by atoms with E-state index in [1.165, 1.54) is 19.3 Å². The summed E-state index contributed by atoms with van der Waals surface area (Å²) < 4.78 is 10.7. The van der Waals surface area contributed by atoms with E-state index in [2.05, 4.69) is 0 Å². The number of hydrogen-bond donors (Lipinski definition) is 0. The number of rotatable bonds is 3. The van der Waals surface area contributed by atoms with Gasteiger partial charge >= 0.3 is 0 Å². The van der Waals surface area contributed by atoms with Crippen LogP contribution in [0.3, 0.4) is 0 Å². The van der Waals surface area contributed by atoms with Gasteiger partial charge < -0.3 is 14.4 Å². The van der Waals surface area contributed by atoms with Crippen LogP contribution in [0.1, 0.15) is 44.1 Å². The van der Waals surface area contributed by atoms with Crippen LogP contribution in [-0.4, -0.2) is 30.7 Å². The molecule has 0 aromatic heterocycles. The molecule has 1 aromatic rings. The van der Waals surface area contributed by atoms with E-state index in [1.807, 2.05) is 23.1 Å². The Labute approximate surface area is 126 Å². The van der Waals surface area contributed by atoms with Crippen LogP contribution in [0.2, 0.25) is 0 Å².